The highest BCUT2D eigenvalue weighted by Crippen LogP contribution is 2.51. The Morgan fingerprint density at radius 1 is 0.220 bits per heavy atom. The second-order valence-electron chi connectivity index (χ2n) is 14.2. The first-order valence-corrected chi connectivity index (χ1v) is 18.0. The summed E-state index contributed by atoms with van der Waals surface area (Å²) in [5.74, 6) is 0. The molecule has 234 valence electrons. The van der Waals surface area contributed by atoms with Crippen LogP contribution in [0.3, 0.4) is 0 Å². The molecule has 0 aliphatic heterocycles. The molecular formula is C50H34. The van der Waals surface area contributed by atoms with Crippen LogP contribution in [-0.4, -0.2) is 0 Å². The molecule has 9 aromatic carbocycles. The molecular weight excluding hydrogens is 601 g/mol. The Bertz CT molecular complexity index is 2610. The molecule has 0 radical (unpaired) electrons. The van der Waals surface area contributed by atoms with Crippen LogP contribution in [0.25, 0.3) is 87.6 Å². The van der Waals surface area contributed by atoms with Crippen molar-refractivity contribution < 1.29 is 0 Å². The second-order valence-corrected chi connectivity index (χ2v) is 14.2. The average molecular weight is 635 g/mol. The highest BCUT2D eigenvalue weighted by atomic mass is 14.3. The number of aryl methyl sites for hydroxylation is 4. The Morgan fingerprint density at radius 3 is 0.880 bits per heavy atom. The molecule has 0 heteroatoms. The number of rotatable bonds is 2. The van der Waals surface area contributed by atoms with E-state index in [4.69, 9.17) is 0 Å². The zero-order valence-corrected chi connectivity index (χ0v) is 27.8. The monoisotopic (exact) mass is 634 g/mol. The summed E-state index contributed by atoms with van der Waals surface area (Å²) < 4.78 is 0. The molecule has 0 heterocycles. The molecule has 2 aliphatic rings. The van der Waals surface area contributed by atoms with Gasteiger partial charge in [-0.2, -0.15) is 0 Å². The molecule has 0 nitrogen and oxygen atoms in total. The van der Waals surface area contributed by atoms with Crippen LogP contribution in [0.1, 0.15) is 22.3 Å². The highest BCUT2D eigenvalue weighted by molar-refractivity contribution is 6.26. The maximum absolute atomic E-state index is 2.53. The van der Waals surface area contributed by atoms with E-state index in [0.29, 0.717) is 0 Å². The summed E-state index contributed by atoms with van der Waals surface area (Å²) in [5, 5.41) is 10.6. The molecule has 0 saturated heterocycles. The van der Waals surface area contributed by atoms with Crippen molar-refractivity contribution in [2.24, 2.45) is 0 Å². The largest absolute Gasteiger partial charge is 0.0620 e. The molecule has 9 aromatic rings. The van der Waals surface area contributed by atoms with E-state index in [1.165, 1.54) is 110 Å². The molecule has 0 atom stereocenters. The quantitative estimate of drug-likeness (QED) is 0.166. The van der Waals surface area contributed by atoms with Gasteiger partial charge in [0.25, 0.3) is 0 Å². The predicted octanol–water partition coefficient (Wildman–Crippen LogP) is 13.2. The molecule has 0 saturated carbocycles. The van der Waals surface area contributed by atoms with E-state index in [-0.39, 0.29) is 0 Å². The molecule has 0 bridgehead atoms. The van der Waals surface area contributed by atoms with E-state index in [9.17, 15) is 0 Å². The summed E-state index contributed by atoms with van der Waals surface area (Å²) in [6, 6.07) is 59.7. The van der Waals surface area contributed by atoms with Gasteiger partial charge >= 0.3 is 0 Å². The van der Waals surface area contributed by atoms with Crippen molar-refractivity contribution in [3.63, 3.8) is 0 Å². The Labute approximate surface area is 292 Å². The average Bonchev–Trinajstić information content (AvgIpc) is 3.19. The van der Waals surface area contributed by atoms with Gasteiger partial charge in [0.05, 0.1) is 0 Å². The Hall–Kier alpha value is -5.98. The summed E-state index contributed by atoms with van der Waals surface area (Å²) in [6.07, 6.45) is 4.28. The molecule has 50 heavy (non-hydrogen) atoms. The topological polar surface area (TPSA) is 0 Å². The van der Waals surface area contributed by atoms with Crippen LogP contribution in [0.4, 0.5) is 0 Å². The Kier molecular flexibility index (Phi) is 6.01. The number of benzene rings is 9. The van der Waals surface area contributed by atoms with Gasteiger partial charge < -0.3 is 0 Å². The van der Waals surface area contributed by atoms with Crippen molar-refractivity contribution in [2.75, 3.05) is 0 Å². The first kappa shape index (κ1) is 27.9. The van der Waals surface area contributed by atoms with Gasteiger partial charge in [-0.25, -0.2) is 0 Å². The van der Waals surface area contributed by atoms with Gasteiger partial charge in [-0.15, -0.1) is 0 Å². The molecule has 0 amide bonds. The Balaban J connectivity index is 1.25. The SMILES string of the molecule is c1ccc2c(c1)CCc1cc(-c3c4ccccc4c(-c4cc5c(c6ccccc46)-c4ccccc4CC5)c4ccccc34)c3ccccc3c1-2. The molecule has 0 aromatic heterocycles. The Morgan fingerprint density at radius 2 is 0.500 bits per heavy atom. The maximum Gasteiger partial charge on any atom is -0.00200 e. The van der Waals surface area contributed by atoms with Gasteiger partial charge in [-0.05, 0) is 148 Å². The van der Waals surface area contributed by atoms with Crippen LogP contribution in [0.5, 0.6) is 0 Å². The van der Waals surface area contributed by atoms with Gasteiger partial charge in [0.1, 0.15) is 0 Å². The summed E-state index contributed by atoms with van der Waals surface area (Å²) in [7, 11) is 0. The lowest BCUT2D eigenvalue weighted by Crippen LogP contribution is -2.06. The fraction of sp³-hybridized carbons (Fsp3) is 0.0800. The van der Waals surface area contributed by atoms with Crippen molar-refractivity contribution in [2.45, 2.75) is 25.7 Å². The van der Waals surface area contributed by atoms with Crippen molar-refractivity contribution in [1.29, 1.82) is 0 Å². The molecule has 0 spiro atoms. The molecule has 0 fully saturated rings. The zero-order chi connectivity index (χ0) is 32.8. The van der Waals surface area contributed by atoms with Crippen molar-refractivity contribution in [3.8, 4) is 44.5 Å². The zero-order valence-electron chi connectivity index (χ0n) is 27.8. The molecule has 11 rings (SSSR count). The van der Waals surface area contributed by atoms with Crippen LogP contribution in [-0.2, 0) is 25.7 Å². The van der Waals surface area contributed by atoms with Crippen molar-refractivity contribution in [3.05, 3.63) is 180 Å². The van der Waals surface area contributed by atoms with Gasteiger partial charge in [-0.1, -0.05) is 146 Å². The lowest BCUT2D eigenvalue weighted by molar-refractivity contribution is 0.945. The molecule has 0 N–H and O–H groups in total. The van der Waals surface area contributed by atoms with Crippen LogP contribution in [0.15, 0.2) is 158 Å². The van der Waals surface area contributed by atoms with Gasteiger partial charge in [0, 0.05) is 0 Å². The number of hydrogen-bond acceptors (Lipinski definition) is 0. The fourth-order valence-electron chi connectivity index (χ4n) is 9.52. The minimum absolute atomic E-state index is 1.06. The minimum atomic E-state index is 1.06. The number of fused-ring (bicyclic) bond motifs is 12. The van der Waals surface area contributed by atoms with Crippen LogP contribution >= 0.6 is 0 Å². The van der Waals surface area contributed by atoms with E-state index in [1.54, 1.807) is 0 Å². The maximum atomic E-state index is 2.53. The summed E-state index contributed by atoms with van der Waals surface area (Å²) >= 11 is 0. The van der Waals surface area contributed by atoms with E-state index >= 15 is 0 Å². The molecule has 0 unspecified atom stereocenters. The van der Waals surface area contributed by atoms with Gasteiger partial charge in [0.15, 0.2) is 0 Å². The van der Waals surface area contributed by atoms with E-state index in [2.05, 4.69) is 158 Å². The summed E-state index contributed by atoms with van der Waals surface area (Å²) in [5.41, 5.74) is 16.8. The number of hydrogen-bond donors (Lipinski definition) is 0. The first-order chi connectivity index (χ1) is 24.8. The van der Waals surface area contributed by atoms with Crippen LogP contribution in [0, 0.1) is 0 Å². The van der Waals surface area contributed by atoms with E-state index in [1.807, 2.05) is 0 Å². The third-order valence-corrected chi connectivity index (χ3v) is 11.6. The standard InChI is InChI=1S/C50H34/c1-3-15-35-31(13-1)25-27-33-29-45(37-17-5-7-19-39(37)47(33)35)49-41-21-9-11-23-43(41)50(44-24-12-10-22-42(44)49)46-30-34-28-26-32-14-2-4-16-36(32)48(34)40-20-8-6-18-38(40)46/h1-24,29-30H,25-28H2. The summed E-state index contributed by atoms with van der Waals surface area (Å²) in [4.78, 5) is 0. The van der Waals surface area contributed by atoms with Crippen LogP contribution in [0.2, 0.25) is 0 Å². The van der Waals surface area contributed by atoms with Crippen LogP contribution < -0.4 is 0 Å². The van der Waals surface area contributed by atoms with Crippen molar-refractivity contribution >= 4 is 43.1 Å². The van der Waals surface area contributed by atoms with E-state index < -0.39 is 0 Å². The predicted molar refractivity (Wildman–Crippen MR) is 213 cm³/mol. The normalized spacial score (nSPS) is 13.3. The third kappa shape index (κ3) is 3.94. The lowest BCUT2D eigenvalue weighted by Gasteiger charge is -2.26. The smallest absolute Gasteiger partial charge is 0.00200 e. The van der Waals surface area contributed by atoms with E-state index in [0.717, 1.165) is 25.7 Å². The lowest BCUT2D eigenvalue weighted by atomic mass is 9.77. The van der Waals surface area contributed by atoms with Gasteiger partial charge in [0.2, 0.25) is 0 Å². The highest BCUT2D eigenvalue weighted by Gasteiger charge is 2.26. The summed E-state index contributed by atoms with van der Waals surface area (Å²) in [6.45, 7) is 0. The first-order valence-electron chi connectivity index (χ1n) is 18.0. The molecule has 2 aliphatic carbocycles. The minimum Gasteiger partial charge on any atom is -0.0620 e. The fourth-order valence-corrected chi connectivity index (χ4v) is 9.52. The van der Waals surface area contributed by atoms with Gasteiger partial charge in [-0.3, -0.25) is 0 Å². The third-order valence-electron chi connectivity index (χ3n) is 11.6. The second kappa shape index (κ2) is 10.8. The van der Waals surface area contributed by atoms with Crippen molar-refractivity contribution in [1.82, 2.24) is 0 Å².